The average Bonchev–Trinajstić information content (AvgIpc) is 2.48. The van der Waals surface area contributed by atoms with Gasteiger partial charge in [-0.15, -0.1) is 11.8 Å². The molecule has 0 bridgehead atoms. The van der Waals surface area contributed by atoms with E-state index in [0.717, 1.165) is 25.3 Å². The van der Waals surface area contributed by atoms with E-state index in [1.54, 1.807) is 11.8 Å². The highest BCUT2D eigenvalue weighted by atomic mass is 32.2. The Morgan fingerprint density at radius 1 is 1.14 bits per heavy atom. The zero-order valence-corrected chi connectivity index (χ0v) is 14.2. The van der Waals surface area contributed by atoms with Gasteiger partial charge in [-0.2, -0.15) is 0 Å². The summed E-state index contributed by atoms with van der Waals surface area (Å²) in [5.41, 5.74) is 1.27. The Kier molecular flexibility index (Phi) is 9.19. The van der Waals surface area contributed by atoms with E-state index in [4.69, 9.17) is 0 Å². The maximum Gasteiger partial charge on any atom is 0.233 e. The van der Waals surface area contributed by atoms with Crippen molar-refractivity contribution < 1.29 is 4.79 Å². The van der Waals surface area contributed by atoms with Gasteiger partial charge in [0, 0.05) is 18.8 Å². The molecule has 0 aromatic heterocycles. The predicted octanol–water partition coefficient (Wildman–Crippen LogP) is 3.06. The third-order valence-corrected chi connectivity index (χ3v) is 4.78. The fourth-order valence-corrected chi connectivity index (χ4v) is 3.19. The lowest BCUT2D eigenvalue weighted by Crippen LogP contribution is -2.39. The van der Waals surface area contributed by atoms with Crippen molar-refractivity contribution in [3.8, 4) is 0 Å². The maximum absolute atomic E-state index is 12.3. The Bertz CT molecular complexity index is 395. The second-order valence-corrected chi connectivity index (χ2v) is 6.63. The Morgan fingerprint density at radius 3 is 2.48 bits per heavy atom. The molecule has 118 valence electrons. The molecule has 1 atom stereocenters. The third kappa shape index (κ3) is 7.53. The third-order valence-electron chi connectivity index (χ3n) is 3.16. The smallest absolute Gasteiger partial charge is 0.233 e. The molecule has 1 aromatic carbocycles. The fraction of sp³-hybridized carbons (Fsp3) is 0.588. The summed E-state index contributed by atoms with van der Waals surface area (Å²) >= 11 is 1.73. The van der Waals surface area contributed by atoms with Crippen LogP contribution in [-0.4, -0.2) is 30.8 Å². The van der Waals surface area contributed by atoms with Crippen molar-refractivity contribution >= 4 is 17.7 Å². The molecule has 0 fully saturated rings. The van der Waals surface area contributed by atoms with Crippen LogP contribution in [0.25, 0.3) is 0 Å². The number of hydrogen-bond donors (Lipinski definition) is 2. The van der Waals surface area contributed by atoms with Crippen molar-refractivity contribution in [3.63, 3.8) is 0 Å². The van der Waals surface area contributed by atoms with E-state index in [-0.39, 0.29) is 11.2 Å². The lowest BCUT2D eigenvalue weighted by atomic mass is 10.1. The highest BCUT2D eigenvalue weighted by Crippen LogP contribution is 2.23. The van der Waals surface area contributed by atoms with Gasteiger partial charge in [-0.3, -0.25) is 4.79 Å². The van der Waals surface area contributed by atoms with Crippen LogP contribution in [0.4, 0.5) is 0 Å². The molecular weight excluding hydrogens is 280 g/mol. The van der Waals surface area contributed by atoms with Crippen molar-refractivity contribution in [3.05, 3.63) is 35.9 Å². The Balaban J connectivity index is 2.36. The minimum Gasteiger partial charge on any atom is -0.354 e. The van der Waals surface area contributed by atoms with Crippen LogP contribution in [0, 0.1) is 5.92 Å². The standard InChI is InChI=1S/C17H28N2OS/c1-4-10-18-11-12-19-17(20)16(14(2)3)21-13-15-8-6-5-7-9-15/h5-9,14,16,18H,4,10-13H2,1-3H3,(H,19,20). The van der Waals surface area contributed by atoms with E-state index in [1.807, 2.05) is 18.2 Å². The Labute approximate surface area is 133 Å². The molecule has 1 rings (SSSR count). The number of amides is 1. The SMILES string of the molecule is CCCNCCNC(=O)C(SCc1ccccc1)C(C)C. The highest BCUT2D eigenvalue weighted by molar-refractivity contribution is 7.99. The van der Waals surface area contributed by atoms with E-state index in [9.17, 15) is 4.79 Å². The molecular formula is C17H28N2OS. The van der Waals surface area contributed by atoms with Gasteiger partial charge >= 0.3 is 0 Å². The fourth-order valence-electron chi connectivity index (χ4n) is 2.01. The van der Waals surface area contributed by atoms with E-state index in [1.165, 1.54) is 5.56 Å². The number of thioether (sulfide) groups is 1. The van der Waals surface area contributed by atoms with Crippen LogP contribution in [0.5, 0.6) is 0 Å². The van der Waals surface area contributed by atoms with Crippen molar-refractivity contribution in [2.45, 2.75) is 38.2 Å². The van der Waals surface area contributed by atoms with Gasteiger partial charge in [-0.1, -0.05) is 51.1 Å². The van der Waals surface area contributed by atoms with Gasteiger partial charge in [0.1, 0.15) is 0 Å². The first-order valence-electron chi connectivity index (χ1n) is 7.79. The van der Waals surface area contributed by atoms with E-state index in [0.29, 0.717) is 12.5 Å². The van der Waals surface area contributed by atoms with Crippen molar-refractivity contribution in [2.75, 3.05) is 19.6 Å². The van der Waals surface area contributed by atoms with Gasteiger partial charge in [-0.05, 0) is 24.4 Å². The highest BCUT2D eigenvalue weighted by Gasteiger charge is 2.22. The van der Waals surface area contributed by atoms with E-state index < -0.39 is 0 Å². The number of carbonyl (C=O) groups is 1. The first-order valence-corrected chi connectivity index (χ1v) is 8.84. The summed E-state index contributed by atoms with van der Waals surface area (Å²) in [6.07, 6.45) is 1.12. The van der Waals surface area contributed by atoms with Crippen LogP contribution in [0.15, 0.2) is 30.3 Å². The minimum atomic E-state index is 0.0105. The molecule has 0 aliphatic rings. The molecule has 1 unspecified atom stereocenters. The van der Waals surface area contributed by atoms with Crippen molar-refractivity contribution in [1.29, 1.82) is 0 Å². The number of rotatable bonds is 10. The first-order chi connectivity index (χ1) is 10.1. The number of nitrogens with one attached hydrogen (secondary N) is 2. The summed E-state index contributed by atoms with van der Waals surface area (Å²) in [5, 5.41) is 6.34. The van der Waals surface area contributed by atoms with Crippen LogP contribution < -0.4 is 10.6 Å². The van der Waals surface area contributed by atoms with Crippen LogP contribution in [0.1, 0.15) is 32.8 Å². The molecule has 0 saturated heterocycles. The van der Waals surface area contributed by atoms with Crippen LogP contribution in [0.3, 0.4) is 0 Å². The summed E-state index contributed by atoms with van der Waals surface area (Å²) in [7, 11) is 0. The molecule has 0 aliphatic carbocycles. The van der Waals surface area contributed by atoms with Gasteiger partial charge < -0.3 is 10.6 Å². The topological polar surface area (TPSA) is 41.1 Å². The second kappa shape index (κ2) is 10.7. The molecule has 0 aliphatic heterocycles. The van der Waals surface area contributed by atoms with E-state index in [2.05, 4.69) is 43.5 Å². The van der Waals surface area contributed by atoms with Crippen LogP contribution in [-0.2, 0) is 10.5 Å². The molecule has 0 heterocycles. The molecule has 1 aromatic rings. The summed E-state index contributed by atoms with van der Waals surface area (Å²) in [6.45, 7) is 8.91. The van der Waals surface area contributed by atoms with Crippen LogP contribution >= 0.6 is 11.8 Å². The van der Waals surface area contributed by atoms with Gasteiger partial charge in [0.15, 0.2) is 0 Å². The van der Waals surface area contributed by atoms with Gasteiger partial charge in [0.25, 0.3) is 0 Å². The molecule has 2 N–H and O–H groups in total. The zero-order valence-electron chi connectivity index (χ0n) is 13.4. The average molecular weight is 308 g/mol. The number of hydrogen-bond acceptors (Lipinski definition) is 3. The Morgan fingerprint density at radius 2 is 1.86 bits per heavy atom. The number of carbonyl (C=O) groups excluding carboxylic acids is 1. The second-order valence-electron chi connectivity index (χ2n) is 5.50. The van der Waals surface area contributed by atoms with Gasteiger partial charge in [0.05, 0.1) is 5.25 Å². The molecule has 3 nitrogen and oxygen atoms in total. The van der Waals surface area contributed by atoms with Crippen molar-refractivity contribution in [2.24, 2.45) is 5.92 Å². The molecule has 0 radical (unpaired) electrons. The largest absolute Gasteiger partial charge is 0.354 e. The molecule has 1 amide bonds. The number of benzene rings is 1. The molecule has 0 spiro atoms. The Hall–Kier alpha value is -1.00. The summed E-state index contributed by atoms with van der Waals surface area (Å²) < 4.78 is 0. The normalized spacial score (nSPS) is 12.4. The monoisotopic (exact) mass is 308 g/mol. The molecule has 4 heteroatoms. The lowest BCUT2D eigenvalue weighted by molar-refractivity contribution is -0.121. The van der Waals surface area contributed by atoms with Gasteiger partial charge in [0.2, 0.25) is 5.91 Å². The van der Waals surface area contributed by atoms with Crippen LogP contribution in [0.2, 0.25) is 0 Å². The minimum absolute atomic E-state index is 0.0105. The molecule has 21 heavy (non-hydrogen) atoms. The predicted molar refractivity (Wildman–Crippen MR) is 92.5 cm³/mol. The van der Waals surface area contributed by atoms with Crippen molar-refractivity contribution in [1.82, 2.24) is 10.6 Å². The summed E-state index contributed by atoms with van der Waals surface area (Å²) in [4.78, 5) is 12.3. The summed E-state index contributed by atoms with van der Waals surface area (Å²) in [5.74, 6) is 1.37. The quantitative estimate of drug-likeness (QED) is 0.653. The van der Waals surface area contributed by atoms with Gasteiger partial charge in [-0.25, -0.2) is 0 Å². The first kappa shape index (κ1) is 18.1. The summed E-state index contributed by atoms with van der Waals surface area (Å²) in [6, 6.07) is 10.3. The maximum atomic E-state index is 12.3. The zero-order chi connectivity index (χ0) is 15.5. The molecule has 0 saturated carbocycles. The van der Waals surface area contributed by atoms with E-state index >= 15 is 0 Å². The lowest BCUT2D eigenvalue weighted by Gasteiger charge is -2.20.